The van der Waals surface area contributed by atoms with Gasteiger partial charge in [-0.15, -0.1) is 10.2 Å². The van der Waals surface area contributed by atoms with Gasteiger partial charge in [0.1, 0.15) is 0 Å². The first-order valence-electron chi connectivity index (χ1n) is 6.78. The van der Waals surface area contributed by atoms with Gasteiger partial charge in [0.15, 0.2) is 0 Å². The fraction of sp³-hybridized carbons (Fsp3) is 0.118. The molecule has 0 fully saturated rings. The fourth-order valence-corrected chi connectivity index (χ4v) is 2.77. The number of allylic oxidation sites excluding steroid dienone is 4. The van der Waals surface area contributed by atoms with E-state index in [0.717, 1.165) is 21.7 Å². The zero-order valence-electron chi connectivity index (χ0n) is 11.8. The Morgan fingerprint density at radius 3 is 2.45 bits per heavy atom. The number of benzene rings is 1. The molecule has 1 unspecified atom stereocenters. The monoisotopic (exact) mass is 346 g/mol. The van der Waals surface area contributed by atoms with Gasteiger partial charge >= 0.3 is 0 Å². The predicted octanol–water partition coefficient (Wildman–Crippen LogP) is 5.41. The van der Waals surface area contributed by atoms with Crippen LogP contribution in [0.15, 0.2) is 48.6 Å². The summed E-state index contributed by atoms with van der Waals surface area (Å²) in [6.45, 7) is 2.07. The van der Waals surface area contributed by atoms with E-state index in [-0.39, 0.29) is 5.92 Å². The molecule has 3 rings (SSSR count). The second-order valence-corrected chi connectivity index (χ2v) is 6.31. The lowest BCUT2D eigenvalue weighted by Crippen LogP contribution is -2.07. The normalized spacial score (nSPS) is 17.5. The van der Waals surface area contributed by atoms with Crippen molar-refractivity contribution in [3.05, 3.63) is 64.3 Å². The van der Waals surface area contributed by atoms with Crippen molar-refractivity contribution in [3.8, 4) is 11.3 Å². The summed E-state index contributed by atoms with van der Waals surface area (Å²) in [6, 6.07) is 9.25. The molecule has 0 saturated heterocycles. The second-order valence-electron chi connectivity index (χ2n) is 5.06. The van der Waals surface area contributed by atoms with Crippen LogP contribution in [0.3, 0.4) is 0 Å². The average molecular weight is 347 g/mol. The fourth-order valence-electron chi connectivity index (χ4n) is 2.17. The number of halogens is 2. The van der Waals surface area contributed by atoms with Crippen LogP contribution in [0.5, 0.6) is 0 Å². The lowest BCUT2D eigenvalue weighted by molar-refractivity contribution is 1.00. The van der Waals surface area contributed by atoms with Gasteiger partial charge in [0.05, 0.1) is 21.4 Å². The summed E-state index contributed by atoms with van der Waals surface area (Å²) in [7, 11) is 0. The maximum Gasteiger partial charge on any atom is 0.0945 e. The minimum Gasteiger partial charge on any atom is -0.150 e. The Bertz CT molecular complexity index is 795. The molecule has 1 aliphatic carbocycles. The van der Waals surface area contributed by atoms with Gasteiger partial charge in [0, 0.05) is 21.9 Å². The van der Waals surface area contributed by atoms with Crippen LogP contribution < -0.4 is 0 Å². The molecule has 2 aromatic rings. The van der Waals surface area contributed by atoms with Crippen molar-refractivity contribution in [2.24, 2.45) is 5.92 Å². The molecule has 1 aliphatic rings. The van der Waals surface area contributed by atoms with Crippen molar-refractivity contribution in [1.29, 1.82) is 0 Å². The molecule has 22 heavy (non-hydrogen) atoms. The van der Waals surface area contributed by atoms with Gasteiger partial charge in [-0.05, 0) is 24.3 Å². The second kappa shape index (κ2) is 6.29. The maximum absolute atomic E-state index is 6.21. The van der Waals surface area contributed by atoms with Gasteiger partial charge in [-0.3, -0.25) is 0 Å². The topological polar surface area (TPSA) is 25.8 Å². The first kappa shape index (κ1) is 15.3. The molecule has 0 spiro atoms. The Labute approximate surface area is 144 Å². The third-order valence-electron chi connectivity index (χ3n) is 3.50. The predicted molar refractivity (Wildman–Crippen MR) is 96.4 cm³/mol. The van der Waals surface area contributed by atoms with Crippen LogP contribution in [0, 0.1) is 5.92 Å². The SMILES string of the molecule is CC1C=CC(c2ccc(-c3cccc(Cl)c3Cl)nn2)=CC1=S. The Morgan fingerprint density at radius 1 is 1.05 bits per heavy atom. The van der Waals surface area contributed by atoms with Crippen LogP contribution in [0.4, 0.5) is 0 Å². The quantitative estimate of drug-likeness (QED) is 0.680. The number of rotatable bonds is 2. The lowest BCUT2D eigenvalue weighted by Gasteiger charge is -2.12. The molecule has 5 heteroatoms. The molecular formula is C17H12Cl2N2S. The maximum atomic E-state index is 6.21. The summed E-state index contributed by atoms with van der Waals surface area (Å²) in [6.07, 6.45) is 6.06. The molecule has 110 valence electrons. The highest BCUT2D eigenvalue weighted by Gasteiger charge is 2.13. The third-order valence-corrected chi connectivity index (χ3v) is 4.81. The molecule has 1 aromatic carbocycles. The Hall–Kier alpha value is -1.55. The van der Waals surface area contributed by atoms with E-state index < -0.39 is 0 Å². The lowest BCUT2D eigenvalue weighted by atomic mass is 9.96. The van der Waals surface area contributed by atoms with Crippen LogP contribution >= 0.6 is 35.4 Å². The summed E-state index contributed by atoms with van der Waals surface area (Å²) in [4.78, 5) is 0.904. The number of hydrogen-bond acceptors (Lipinski definition) is 3. The molecule has 1 aromatic heterocycles. The minimum absolute atomic E-state index is 0.288. The van der Waals surface area contributed by atoms with Crippen molar-refractivity contribution >= 4 is 45.9 Å². The number of nitrogens with zero attached hydrogens (tertiary/aromatic N) is 2. The molecule has 0 amide bonds. The highest BCUT2D eigenvalue weighted by Crippen LogP contribution is 2.32. The van der Waals surface area contributed by atoms with E-state index in [2.05, 4.69) is 23.2 Å². The van der Waals surface area contributed by atoms with Gasteiger partial charge in [-0.25, -0.2) is 0 Å². The van der Waals surface area contributed by atoms with E-state index in [0.29, 0.717) is 15.7 Å². The highest BCUT2D eigenvalue weighted by molar-refractivity contribution is 7.80. The number of thiocarbonyl (C=S) groups is 1. The number of aromatic nitrogens is 2. The van der Waals surface area contributed by atoms with E-state index in [1.165, 1.54) is 0 Å². The number of hydrogen-bond donors (Lipinski definition) is 0. The summed E-state index contributed by atoms with van der Waals surface area (Å²) in [5.74, 6) is 0.288. The van der Waals surface area contributed by atoms with Crippen molar-refractivity contribution < 1.29 is 0 Å². The van der Waals surface area contributed by atoms with E-state index in [1.54, 1.807) is 6.07 Å². The Morgan fingerprint density at radius 2 is 1.77 bits per heavy atom. The van der Waals surface area contributed by atoms with E-state index in [1.807, 2.05) is 36.4 Å². The average Bonchev–Trinajstić information content (AvgIpc) is 2.53. The van der Waals surface area contributed by atoms with Crippen molar-refractivity contribution in [2.75, 3.05) is 0 Å². The van der Waals surface area contributed by atoms with Gasteiger partial charge in [0.2, 0.25) is 0 Å². The van der Waals surface area contributed by atoms with Crippen molar-refractivity contribution in [2.45, 2.75) is 6.92 Å². The van der Waals surface area contributed by atoms with E-state index in [4.69, 9.17) is 35.4 Å². The van der Waals surface area contributed by atoms with Gasteiger partial charge < -0.3 is 0 Å². The first-order chi connectivity index (χ1) is 10.6. The molecule has 1 atom stereocenters. The van der Waals surface area contributed by atoms with Crippen LogP contribution in [0.25, 0.3) is 16.8 Å². The van der Waals surface area contributed by atoms with Crippen molar-refractivity contribution in [3.63, 3.8) is 0 Å². The molecule has 0 bridgehead atoms. The molecule has 0 aliphatic heterocycles. The summed E-state index contributed by atoms with van der Waals surface area (Å²) in [5, 5.41) is 9.52. The molecular weight excluding hydrogens is 335 g/mol. The van der Waals surface area contributed by atoms with Gasteiger partial charge in [-0.1, -0.05) is 66.6 Å². The van der Waals surface area contributed by atoms with Crippen LogP contribution in [0.2, 0.25) is 10.0 Å². The Kier molecular flexibility index (Phi) is 4.39. The van der Waals surface area contributed by atoms with Crippen LogP contribution in [0.1, 0.15) is 12.6 Å². The largest absolute Gasteiger partial charge is 0.150 e. The summed E-state index contributed by atoms with van der Waals surface area (Å²) < 4.78 is 0. The van der Waals surface area contributed by atoms with E-state index in [9.17, 15) is 0 Å². The van der Waals surface area contributed by atoms with Crippen molar-refractivity contribution in [1.82, 2.24) is 10.2 Å². The minimum atomic E-state index is 0.288. The summed E-state index contributed by atoms with van der Waals surface area (Å²) >= 11 is 17.6. The van der Waals surface area contributed by atoms with Crippen LogP contribution in [-0.2, 0) is 0 Å². The molecule has 1 heterocycles. The first-order valence-corrected chi connectivity index (χ1v) is 7.95. The standard InChI is InChI=1S/C17H12Cl2N2S/c1-10-5-6-11(9-16(10)22)14-7-8-15(21-20-14)12-3-2-4-13(18)17(12)19/h2-10H,1H3. The zero-order chi connectivity index (χ0) is 15.7. The zero-order valence-corrected chi connectivity index (χ0v) is 14.1. The molecule has 2 nitrogen and oxygen atoms in total. The molecule has 0 saturated carbocycles. The Balaban J connectivity index is 1.94. The summed E-state index contributed by atoms with van der Waals surface area (Å²) in [5.41, 5.74) is 3.21. The highest BCUT2D eigenvalue weighted by atomic mass is 35.5. The van der Waals surface area contributed by atoms with Gasteiger partial charge in [-0.2, -0.15) is 0 Å². The van der Waals surface area contributed by atoms with E-state index >= 15 is 0 Å². The molecule has 0 radical (unpaired) electrons. The van der Waals surface area contributed by atoms with Crippen LogP contribution in [-0.4, -0.2) is 15.1 Å². The van der Waals surface area contributed by atoms with Gasteiger partial charge in [0.25, 0.3) is 0 Å². The third kappa shape index (κ3) is 2.98. The molecule has 0 N–H and O–H groups in total. The smallest absolute Gasteiger partial charge is 0.0945 e.